The average molecular weight is 529 g/mol. The number of rotatable bonds is 7. The fourth-order valence-corrected chi connectivity index (χ4v) is 3.64. The standard InChI is InChI=1S/C20H17F6NO7S/c1-12-9-14(7-8-15(12)27-17(29)33-10-13-5-3-2-4-6-13)16(28)34-18(19(21,22)23,20(24,25)26)11-35(30,31)32/h2-9H,10-11H2,1H3,(H,27,29)(H,30,31,32). The minimum absolute atomic E-state index is 0.00968. The van der Waals surface area contributed by atoms with E-state index in [0.29, 0.717) is 5.56 Å². The number of hydrogen-bond acceptors (Lipinski definition) is 6. The molecule has 0 saturated heterocycles. The van der Waals surface area contributed by atoms with Crippen molar-refractivity contribution in [2.24, 2.45) is 0 Å². The summed E-state index contributed by atoms with van der Waals surface area (Å²) in [6.45, 7) is 1.17. The number of hydrogen-bond donors (Lipinski definition) is 2. The van der Waals surface area contributed by atoms with Gasteiger partial charge in [-0.15, -0.1) is 0 Å². The van der Waals surface area contributed by atoms with Gasteiger partial charge in [-0.2, -0.15) is 34.8 Å². The SMILES string of the molecule is Cc1cc(C(=O)OC(CS(=O)(=O)O)(C(F)(F)F)C(F)(F)F)ccc1NC(=O)OCc1ccccc1. The van der Waals surface area contributed by atoms with Gasteiger partial charge in [0.15, 0.2) is 0 Å². The molecule has 0 heterocycles. The van der Waals surface area contributed by atoms with E-state index < -0.39 is 51.5 Å². The van der Waals surface area contributed by atoms with Crippen molar-refractivity contribution in [3.63, 3.8) is 0 Å². The highest BCUT2D eigenvalue weighted by Crippen LogP contribution is 2.47. The summed E-state index contributed by atoms with van der Waals surface area (Å²) >= 11 is 0. The van der Waals surface area contributed by atoms with Crippen molar-refractivity contribution in [3.05, 3.63) is 65.2 Å². The van der Waals surface area contributed by atoms with Crippen molar-refractivity contribution in [2.45, 2.75) is 31.5 Å². The fraction of sp³-hybridized carbons (Fsp3) is 0.300. The lowest BCUT2D eigenvalue weighted by molar-refractivity contribution is -0.356. The van der Waals surface area contributed by atoms with E-state index in [2.05, 4.69) is 10.1 Å². The number of alkyl halides is 6. The predicted octanol–water partition coefficient (Wildman–Crippen LogP) is 4.65. The van der Waals surface area contributed by atoms with Crippen molar-refractivity contribution >= 4 is 27.9 Å². The zero-order chi connectivity index (χ0) is 26.7. The first-order chi connectivity index (χ1) is 16.0. The second kappa shape index (κ2) is 10.1. The molecule has 0 fully saturated rings. The van der Waals surface area contributed by atoms with Crippen molar-refractivity contribution in [3.8, 4) is 0 Å². The average Bonchev–Trinajstić information content (AvgIpc) is 2.71. The Kier molecular flexibility index (Phi) is 8.06. The van der Waals surface area contributed by atoms with Crippen molar-refractivity contribution in [1.82, 2.24) is 0 Å². The van der Waals surface area contributed by atoms with E-state index in [0.717, 1.165) is 18.2 Å². The van der Waals surface area contributed by atoms with E-state index in [1.165, 1.54) is 6.92 Å². The fourth-order valence-electron chi connectivity index (χ4n) is 2.74. The Labute approximate surface area is 194 Å². The minimum Gasteiger partial charge on any atom is -0.444 e. The van der Waals surface area contributed by atoms with Crippen LogP contribution in [0, 0.1) is 6.92 Å². The smallest absolute Gasteiger partial charge is 0.438 e. The second-order valence-corrected chi connectivity index (χ2v) is 8.61. The van der Waals surface area contributed by atoms with Crippen LogP contribution >= 0.6 is 0 Å². The minimum atomic E-state index is -6.45. The molecule has 0 aliphatic carbocycles. The molecule has 15 heteroatoms. The third-order valence-electron chi connectivity index (χ3n) is 4.48. The number of ether oxygens (including phenoxy) is 2. The molecule has 0 aliphatic rings. The van der Waals surface area contributed by atoms with Crippen LogP contribution in [0.5, 0.6) is 0 Å². The van der Waals surface area contributed by atoms with Gasteiger partial charge in [-0.05, 0) is 36.2 Å². The lowest BCUT2D eigenvalue weighted by atomic mass is 10.0. The van der Waals surface area contributed by atoms with Crippen LogP contribution in [0.3, 0.4) is 0 Å². The Morgan fingerprint density at radius 3 is 2.03 bits per heavy atom. The molecule has 35 heavy (non-hydrogen) atoms. The summed E-state index contributed by atoms with van der Waals surface area (Å²) in [4.78, 5) is 24.1. The lowest BCUT2D eigenvalue weighted by Crippen LogP contribution is -2.63. The maximum absolute atomic E-state index is 13.3. The van der Waals surface area contributed by atoms with Gasteiger partial charge < -0.3 is 9.47 Å². The molecule has 0 aromatic heterocycles. The van der Waals surface area contributed by atoms with E-state index in [4.69, 9.17) is 9.29 Å². The Morgan fingerprint density at radius 2 is 1.54 bits per heavy atom. The Bertz CT molecular complexity index is 1170. The highest BCUT2D eigenvalue weighted by atomic mass is 32.2. The number of amides is 1. The Balaban J connectivity index is 2.23. The van der Waals surface area contributed by atoms with E-state index in [1.54, 1.807) is 30.3 Å². The van der Waals surface area contributed by atoms with Gasteiger partial charge in [0, 0.05) is 5.69 Å². The molecule has 0 unspecified atom stereocenters. The Hall–Kier alpha value is -3.33. The van der Waals surface area contributed by atoms with Crippen LogP contribution in [-0.2, 0) is 26.2 Å². The molecule has 2 rings (SSSR count). The van der Waals surface area contributed by atoms with Gasteiger partial charge in [0.25, 0.3) is 10.1 Å². The van der Waals surface area contributed by atoms with Crippen LogP contribution in [0.15, 0.2) is 48.5 Å². The van der Waals surface area contributed by atoms with Crippen LogP contribution in [0.2, 0.25) is 0 Å². The molecule has 1 amide bonds. The summed E-state index contributed by atoms with van der Waals surface area (Å²) in [5, 5.41) is 2.29. The maximum atomic E-state index is 13.3. The summed E-state index contributed by atoms with van der Waals surface area (Å²) in [6, 6.07) is 11.1. The first-order valence-corrected chi connectivity index (χ1v) is 11.0. The molecule has 0 bridgehead atoms. The van der Waals surface area contributed by atoms with E-state index in [1.807, 2.05) is 0 Å². The molecule has 0 aliphatic heterocycles. The molecule has 192 valence electrons. The molecule has 0 atom stereocenters. The van der Waals surface area contributed by atoms with Gasteiger partial charge in [0.05, 0.1) is 5.56 Å². The molecule has 2 N–H and O–H groups in total. The van der Waals surface area contributed by atoms with Crippen molar-refractivity contribution in [2.75, 3.05) is 11.1 Å². The molecule has 8 nitrogen and oxygen atoms in total. The van der Waals surface area contributed by atoms with Crippen LogP contribution in [0.1, 0.15) is 21.5 Å². The van der Waals surface area contributed by atoms with Gasteiger partial charge in [0.2, 0.25) is 0 Å². The summed E-state index contributed by atoms with van der Waals surface area (Å²) in [5.41, 5.74) is -5.65. The summed E-state index contributed by atoms with van der Waals surface area (Å²) < 4.78 is 119. The summed E-state index contributed by atoms with van der Waals surface area (Å²) in [5.74, 6) is -5.17. The zero-order valence-electron chi connectivity index (χ0n) is 17.6. The second-order valence-electron chi connectivity index (χ2n) is 7.15. The maximum Gasteiger partial charge on any atom is 0.438 e. The van der Waals surface area contributed by atoms with Crippen LogP contribution in [-0.4, -0.2) is 48.7 Å². The third-order valence-corrected chi connectivity index (χ3v) is 5.25. The molecule has 0 spiro atoms. The number of carbonyl (C=O) groups excluding carboxylic acids is 2. The van der Waals surface area contributed by atoms with Crippen LogP contribution in [0.4, 0.5) is 36.8 Å². The molecule has 2 aromatic rings. The number of aryl methyl sites for hydroxylation is 1. The lowest BCUT2D eigenvalue weighted by Gasteiger charge is -2.35. The third kappa shape index (κ3) is 7.08. The molecule has 2 aromatic carbocycles. The monoisotopic (exact) mass is 529 g/mol. The highest BCUT2D eigenvalue weighted by molar-refractivity contribution is 7.85. The van der Waals surface area contributed by atoms with Gasteiger partial charge in [-0.25, -0.2) is 9.59 Å². The summed E-state index contributed by atoms with van der Waals surface area (Å²) in [6.07, 6.45) is -13.8. The van der Waals surface area contributed by atoms with Crippen molar-refractivity contribution in [1.29, 1.82) is 0 Å². The van der Waals surface area contributed by atoms with Gasteiger partial charge in [-0.1, -0.05) is 30.3 Å². The quantitative estimate of drug-likeness (QED) is 0.304. The number of halogens is 6. The molecule has 0 saturated carbocycles. The molecular formula is C20H17F6NO7S. The van der Waals surface area contributed by atoms with Gasteiger partial charge in [-0.3, -0.25) is 9.87 Å². The number of carbonyl (C=O) groups is 2. The zero-order valence-corrected chi connectivity index (χ0v) is 18.4. The normalized spacial score (nSPS) is 12.7. The topological polar surface area (TPSA) is 119 Å². The summed E-state index contributed by atoms with van der Waals surface area (Å²) in [7, 11) is -5.91. The largest absolute Gasteiger partial charge is 0.444 e. The van der Waals surface area contributed by atoms with Crippen LogP contribution in [0.25, 0.3) is 0 Å². The van der Waals surface area contributed by atoms with Gasteiger partial charge >= 0.3 is 30.0 Å². The van der Waals surface area contributed by atoms with E-state index >= 15 is 0 Å². The Morgan fingerprint density at radius 1 is 0.971 bits per heavy atom. The first-order valence-electron chi connectivity index (χ1n) is 9.35. The molecular weight excluding hydrogens is 512 g/mol. The van der Waals surface area contributed by atoms with Crippen molar-refractivity contribution < 1.29 is 58.4 Å². The van der Waals surface area contributed by atoms with Crippen LogP contribution < -0.4 is 5.32 Å². The van der Waals surface area contributed by atoms with Gasteiger partial charge in [0.1, 0.15) is 12.4 Å². The number of benzene rings is 2. The number of nitrogens with one attached hydrogen (secondary N) is 1. The van der Waals surface area contributed by atoms with E-state index in [9.17, 15) is 44.3 Å². The number of anilines is 1. The number of esters is 1. The predicted molar refractivity (Wildman–Crippen MR) is 108 cm³/mol. The highest BCUT2D eigenvalue weighted by Gasteiger charge is 2.76. The molecule has 0 radical (unpaired) electrons. The van der Waals surface area contributed by atoms with E-state index in [-0.39, 0.29) is 17.9 Å². The first kappa shape index (κ1) is 27.9.